The lowest BCUT2D eigenvalue weighted by Gasteiger charge is -1.89. The maximum Gasteiger partial charge on any atom is 0.282 e. The molecule has 0 bridgehead atoms. The summed E-state index contributed by atoms with van der Waals surface area (Å²) < 4.78 is 3.82. The Morgan fingerprint density at radius 2 is 2.42 bits per heavy atom. The van der Waals surface area contributed by atoms with Crippen molar-refractivity contribution in [2.75, 3.05) is 0 Å². The first kappa shape index (κ1) is 7.11. The minimum Gasteiger partial charge on any atom is -0.258 e. The first-order valence-electron chi connectivity index (χ1n) is 3.13. The molecule has 0 aliphatic heterocycles. The van der Waals surface area contributed by atoms with Crippen LogP contribution in [-0.4, -0.2) is 14.3 Å². The van der Waals surface area contributed by atoms with Gasteiger partial charge in [0.15, 0.2) is 0 Å². The van der Waals surface area contributed by atoms with Gasteiger partial charge in [-0.25, -0.2) is 4.98 Å². The number of hydrogen-bond donors (Lipinski definition) is 0. The summed E-state index contributed by atoms with van der Waals surface area (Å²) in [6.07, 6.45) is 2.88. The van der Waals surface area contributed by atoms with Crippen molar-refractivity contribution in [2.45, 2.75) is 0 Å². The van der Waals surface area contributed by atoms with Crippen LogP contribution in [0.25, 0.3) is 10.2 Å². The molecule has 0 aliphatic rings. The van der Waals surface area contributed by atoms with E-state index in [2.05, 4.69) is 9.36 Å². The van der Waals surface area contributed by atoms with Crippen LogP contribution in [0.1, 0.15) is 0 Å². The molecule has 2 aromatic rings. The topological polar surface area (TPSA) is 68.9 Å². The lowest BCUT2D eigenvalue weighted by molar-refractivity contribution is -0.383. The largest absolute Gasteiger partial charge is 0.282 e. The molecule has 0 N–H and O–H groups in total. The highest BCUT2D eigenvalue weighted by molar-refractivity contribution is 7.12. The Bertz CT molecular complexity index is 439. The minimum atomic E-state index is -0.432. The maximum atomic E-state index is 10.5. The molecule has 0 radical (unpaired) electrons. The molecule has 0 fully saturated rings. The molecule has 0 unspecified atom stereocenters. The number of nitrogens with zero attached hydrogens (tertiary/aromatic N) is 3. The Hall–Kier alpha value is -1.56. The molecule has 0 saturated carbocycles. The molecule has 0 amide bonds. The van der Waals surface area contributed by atoms with Gasteiger partial charge in [0.2, 0.25) is 0 Å². The normalized spacial score (nSPS) is 10.3. The van der Waals surface area contributed by atoms with Crippen LogP contribution in [0.4, 0.5) is 5.69 Å². The summed E-state index contributed by atoms with van der Waals surface area (Å²) in [7, 11) is 0. The molecule has 0 atom stereocenters. The first-order chi connectivity index (χ1) is 5.79. The molecule has 0 saturated heterocycles. The summed E-state index contributed by atoms with van der Waals surface area (Å²) in [5.74, 6) is 0. The van der Waals surface area contributed by atoms with Gasteiger partial charge < -0.3 is 0 Å². The van der Waals surface area contributed by atoms with Crippen LogP contribution in [0.15, 0.2) is 18.5 Å². The standard InChI is InChI=1S/C6H3N3O2S/c10-9(11)5-1-2-7-6-4(5)3-8-12-6/h1-3H. The summed E-state index contributed by atoms with van der Waals surface area (Å²) in [5.41, 5.74) is 0.0637. The quantitative estimate of drug-likeness (QED) is 0.495. The van der Waals surface area contributed by atoms with Crippen molar-refractivity contribution in [3.63, 3.8) is 0 Å². The van der Waals surface area contributed by atoms with Gasteiger partial charge in [0.1, 0.15) is 10.2 Å². The van der Waals surface area contributed by atoms with E-state index in [9.17, 15) is 10.1 Å². The van der Waals surface area contributed by atoms with E-state index in [0.29, 0.717) is 10.2 Å². The van der Waals surface area contributed by atoms with Crippen molar-refractivity contribution in [3.05, 3.63) is 28.6 Å². The van der Waals surface area contributed by atoms with Crippen molar-refractivity contribution in [1.29, 1.82) is 0 Å². The number of nitro groups is 1. The van der Waals surface area contributed by atoms with E-state index in [-0.39, 0.29) is 5.69 Å². The third-order valence-electron chi connectivity index (χ3n) is 1.45. The van der Waals surface area contributed by atoms with Crippen LogP contribution in [0, 0.1) is 10.1 Å². The molecule has 6 heteroatoms. The molecule has 2 rings (SSSR count). The summed E-state index contributed by atoms with van der Waals surface area (Å²) >= 11 is 1.15. The number of rotatable bonds is 1. The van der Waals surface area contributed by atoms with Crippen LogP contribution >= 0.6 is 11.5 Å². The maximum absolute atomic E-state index is 10.5. The average molecular weight is 181 g/mol. The van der Waals surface area contributed by atoms with Gasteiger partial charge in [0, 0.05) is 12.3 Å². The summed E-state index contributed by atoms with van der Waals surface area (Å²) in [5, 5.41) is 11.0. The van der Waals surface area contributed by atoms with Crippen molar-refractivity contribution in [3.8, 4) is 0 Å². The Morgan fingerprint density at radius 3 is 3.17 bits per heavy atom. The second-order valence-electron chi connectivity index (χ2n) is 2.13. The SMILES string of the molecule is O=[N+]([O-])c1ccnc2sncc12. The van der Waals surface area contributed by atoms with E-state index in [4.69, 9.17) is 0 Å². The highest BCUT2D eigenvalue weighted by atomic mass is 32.1. The van der Waals surface area contributed by atoms with Gasteiger partial charge in [-0.3, -0.25) is 10.1 Å². The second-order valence-corrected chi connectivity index (χ2v) is 2.91. The van der Waals surface area contributed by atoms with Crippen LogP contribution in [0.3, 0.4) is 0 Å². The van der Waals surface area contributed by atoms with Gasteiger partial charge in [-0.1, -0.05) is 0 Å². The summed E-state index contributed by atoms with van der Waals surface area (Å²) in [4.78, 5) is 14.6. The van der Waals surface area contributed by atoms with Crippen molar-refractivity contribution >= 4 is 27.4 Å². The molecular weight excluding hydrogens is 178 g/mol. The summed E-state index contributed by atoms with van der Waals surface area (Å²) in [6, 6.07) is 1.37. The fraction of sp³-hybridized carbons (Fsp3) is 0. The minimum absolute atomic E-state index is 0.0637. The van der Waals surface area contributed by atoms with Gasteiger partial charge in [-0.2, -0.15) is 4.37 Å². The van der Waals surface area contributed by atoms with Crippen molar-refractivity contribution < 1.29 is 4.92 Å². The van der Waals surface area contributed by atoms with Gasteiger partial charge in [-0.15, -0.1) is 0 Å². The average Bonchev–Trinajstić information content (AvgIpc) is 2.49. The smallest absolute Gasteiger partial charge is 0.258 e. The summed E-state index contributed by atoms with van der Waals surface area (Å²) in [6.45, 7) is 0. The van der Waals surface area contributed by atoms with Crippen LogP contribution < -0.4 is 0 Å². The molecule has 0 aromatic carbocycles. The molecule has 5 nitrogen and oxygen atoms in total. The van der Waals surface area contributed by atoms with Gasteiger partial charge in [0.05, 0.1) is 11.1 Å². The predicted octanol–water partition coefficient (Wildman–Crippen LogP) is 1.60. The molecule has 60 valence electrons. The Balaban J connectivity index is 2.82. The third-order valence-corrected chi connectivity index (χ3v) is 2.16. The lowest BCUT2D eigenvalue weighted by atomic mass is 10.3. The van der Waals surface area contributed by atoms with Gasteiger partial charge >= 0.3 is 0 Å². The molecule has 2 heterocycles. The fourth-order valence-electron chi connectivity index (χ4n) is 0.927. The van der Waals surface area contributed by atoms with E-state index in [0.717, 1.165) is 11.5 Å². The monoisotopic (exact) mass is 181 g/mol. The fourth-order valence-corrected chi connectivity index (χ4v) is 1.55. The molecule has 0 aliphatic carbocycles. The molecular formula is C6H3N3O2S. The highest BCUT2D eigenvalue weighted by Gasteiger charge is 2.12. The number of aromatic nitrogens is 2. The van der Waals surface area contributed by atoms with Crippen LogP contribution in [0.5, 0.6) is 0 Å². The predicted molar refractivity (Wildman–Crippen MR) is 44.1 cm³/mol. The van der Waals surface area contributed by atoms with Crippen LogP contribution in [0.2, 0.25) is 0 Å². The Labute approximate surface area is 71.0 Å². The first-order valence-corrected chi connectivity index (χ1v) is 3.90. The number of fused-ring (bicyclic) bond motifs is 1. The van der Waals surface area contributed by atoms with Gasteiger partial charge in [-0.05, 0) is 11.5 Å². The van der Waals surface area contributed by atoms with E-state index in [1.807, 2.05) is 0 Å². The second kappa shape index (κ2) is 2.49. The highest BCUT2D eigenvalue weighted by Crippen LogP contribution is 2.24. The number of pyridine rings is 1. The van der Waals surface area contributed by atoms with Crippen molar-refractivity contribution in [2.24, 2.45) is 0 Å². The Morgan fingerprint density at radius 1 is 1.58 bits per heavy atom. The molecule has 12 heavy (non-hydrogen) atoms. The molecule has 0 spiro atoms. The number of hydrogen-bond acceptors (Lipinski definition) is 5. The third kappa shape index (κ3) is 0.928. The van der Waals surface area contributed by atoms with Gasteiger partial charge in [0.25, 0.3) is 5.69 Å². The molecule has 2 aromatic heterocycles. The van der Waals surface area contributed by atoms with E-state index >= 15 is 0 Å². The lowest BCUT2D eigenvalue weighted by Crippen LogP contribution is -1.88. The van der Waals surface area contributed by atoms with Crippen LogP contribution in [-0.2, 0) is 0 Å². The van der Waals surface area contributed by atoms with E-state index in [1.54, 1.807) is 0 Å². The van der Waals surface area contributed by atoms with E-state index in [1.165, 1.54) is 18.5 Å². The van der Waals surface area contributed by atoms with Crippen molar-refractivity contribution in [1.82, 2.24) is 9.36 Å². The zero-order chi connectivity index (χ0) is 8.55. The van der Waals surface area contributed by atoms with E-state index < -0.39 is 4.92 Å². The Kier molecular flexibility index (Phi) is 1.47. The zero-order valence-electron chi connectivity index (χ0n) is 5.80. The zero-order valence-corrected chi connectivity index (χ0v) is 6.61.